The fourth-order valence-electron chi connectivity index (χ4n) is 3.44. The van der Waals surface area contributed by atoms with Gasteiger partial charge >= 0.3 is 0 Å². The third kappa shape index (κ3) is 2.44. The van der Waals surface area contributed by atoms with Gasteiger partial charge in [-0.1, -0.05) is 26.0 Å². The topological polar surface area (TPSA) is 23.6 Å². The number of fused-ring (bicyclic) bond motifs is 2. The molecular formula is C16H21FN2O. The van der Waals surface area contributed by atoms with Gasteiger partial charge in [-0.15, -0.1) is 0 Å². The first kappa shape index (κ1) is 13.6. The average molecular weight is 276 g/mol. The van der Waals surface area contributed by atoms with Crippen molar-refractivity contribution >= 4 is 5.91 Å². The largest absolute Gasteiger partial charge is 0.333 e. The van der Waals surface area contributed by atoms with Crippen molar-refractivity contribution in [3.63, 3.8) is 0 Å². The summed E-state index contributed by atoms with van der Waals surface area (Å²) in [7, 11) is 0. The van der Waals surface area contributed by atoms with Gasteiger partial charge in [0.15, 0.2) is 0 Å². The van der Waals surface area contributed by atoms with E-state index in [1.54, 1.807) is 6.07 Å². The van der Waals surface area contributed by atoms with Crippen molar-refractivity contribution in [2.24, 2.45) is 5.92 Å². The Bertz CT molecular complexity index is 517. The molecule has 0 aliphatic carbocycles. The Morgan fingerprint density at radius 1 is 1.40 bits per heavy atom. The monoisotopic (exact) mass is 276 g/mol. The molecule has 2 aliphatic rings. The summed E-state index contributed by atoms with van der Waals surface area (Å²) in [6.45, 7) is 6.85. The quantitative estimate of drug-likeness (QED) is 0.842. The Labute approximate surface area is 119 Å². The molecule has 0 N–H and O–H groups in total. The number of carbonyl (C=O) groups is 1. The second-order valence-corrected chi connectivity index (χ2v) is 6.35. The number of piperazine rings is 1. The maximum atomic E-state index is 13.2. The van der Waals surface area contributed by atoms with Crippen molar-refractivity contribution in [1.82, 2.24) is 9.80 Å². The summed E-state index contributed by atoms with van der Waals surface area (Å²) in [5.41, 5.74) is 0.876. The van der Waals surface area contributed by atoms with Gasteiger partial charge in [0.2, 0.25) is 5.91 Å². The summed E-state index contributed by atoms with van der Waals surface area (Å²) in [6.07, 6.45) is 0.931. The van der Waals surface area contributed by atoms with E-state index in [2.05, 4.69) is 18.7 Å². The number of halogens is 1. The molecule has 108 valence electrons. The molecule has 1 amide bonds. The molecule has 3 nitrogen and oxygen atoms in total. The number of hydrogen-bond acceptors (Lipinski definition) is 2. The second kappa shape index (κ2) is 5.17. The smallest absolute Gasteiger partial charge is 0.240 e. The van der Waals surface area contributed by atoms with Gasteiger partial charge in [-0.2, -0.15) is 0 Å². The van der Waals surface area contributed by atoms with Gasteiger partial charge in [0.25, 0.3) is 0 Å². The second-order valence-electron chi connectivity index (χ2n) is 6.35. The van der Waals surface area contributed by atoms with E-state index in [4.69, 9.17) is 0 Å². The lowest BCUT2D eigenvalue weighted by atomic mass is 10.1. The van der Waals surface area contributed by atoms with E-state index in [0.717, 1.165) is 25.1 Å². The Morgan fingerprint density at radius 3 is 2.85 bits per heavy atom. The fourth-order valence-corrected chi connectivity index (χ4v) is 3.44. The van der Waals surface area contributed by atoms with Crippen LogP contribution in [-0.4, -0.2) is 40.9 Å². The molecule has 0 radical (unpaired) electrons. The van der Waals surface area contributed by atoms with Gasteiger partial charge < -0.3 is 4.90 Å². The molecule has 3 rings (SSSR count). The number of benzene rings is 1. The van der Waals surface area contributed by atoms with Gasteiger partial charge in [-0.3, -0.25) is 9.69 Å². The third-order valence-corrected chi connectivity index (χ3v) is 4.23. The van der Waals surface area contributed by atoms with Crippen LogP contribution in [0.15, 0.2) is 24.3 Å². The lowest BCUT2D eigenvalue weighted by Gasteiger charge is -2.34. The Kier molecular flexibility index (Phi) is 3.50. The van der Waals surface area contributed by atoms with E-state index in [9.17, 15) is 9.18 Å². The van der Waals surface area contributed by atoms with E-state index < -0.39 is 0 Å². The van der Waals surface area contributed by atoms with E-state index in [0.29, 0.717) is 18.5 Å². The van der Waals surface area contributed by atoms with E-state index in [1.165, 1.54) is 12.1 Å². The van der Waals surface area contributed by atoms with Crippen LogP contribution in [0.3, 0.4) is 0 Å². The normalized spacial score (nSPS) is 26.0. The van der Waals surface area contributed by atoms with E-state index >= 15 is 0 Å². The van der Waals surface area contributed by atoms with Crippen molar-refractivity contribution in [2.75, 3.05) is 13.1 Å². The van der Waals surface area contributed by atoms with Gasteiger partial charge in [-0.05, 0) is 30.0 Å². The van der Waals surface area contributed by atoms with Crippen LogP contribution in [-0.2, 0) is 11.3 Å². The molecule has 4 heteroatoms. The first-order chi connectivity index (χ1) is 9.54. The minimum atomic E-state index is -0.235. The highest BCUT2D eigenvalue weighted by Gasteiger charge is 2.49. The first-order valence-electron chi connectivity index (χ1n) is 7.33. The molecule has 0 aromatic heterocycles. The molecule has 1 aromatic rings. The maximum absolute atomic E-state index is 13.2. The molecule has 2 bridgehead atoms. The summed E-state index contributed by atoms with van der Waals surface area (Å²) in [5, 5.41) is 0. The number of amides is 1. The zero-order valence-corrected chi connectivity index (χ0v) is 12.1. The molecule has 0 spiro atoms. The zero-order valence-electron chi connectivity index (χ0n) is 12.1. The predicted molar refractivity (Wildman–Crippen MR) is 75.6 cm³/mol. The first-order valence-corrected chi connectivity index (χ1v) is 7.33. The number of rotatable bonds is 4. The van der Waals surface area contributed by atoms with Crippen molar-refractivity contribution in [3.8, 4) is 0 Å². The van der Waals surface area contributed by atoms with Crippen LogP contribution in [0.5, 0.6) is 0 Å². The van der Waals surface area contributed by atoms with Crippen molar-refractivity contribution in [3.05, 3.63) is 35.6 Å². The highest BCUT2D eigenvalue weighted by Crippen LogP contribution is 2.33. The van der Waals surface area contributed by atoms with Crippen LogP contribution in [0, 0.1) is 11.7 Å². The molecule has 2 aliphatic heterocycles. The van der Waals surface area contributed by atoms with Crippen LogP contribution < -0.4 is 0 Å². The molecule has 2 saturated heterocycles. The average Bonchev–Trinajstić information content (AvgIpc) is 2.89. The van der Waals surface area contributed by atoms with Gasteiger partial charge in [0, 0.05) is 25.7 Å². The molecule has 20 heavy (non-hydrogen) atoms. The Balaban J connectivity index is 1.68. The Hall–Kier alpha value is -1.42. The van der Waals surface area contributed by atoms with E-state index in [-0.39, 0.29) is 17.8 Å². The van der Waals surface area contributed by atoms with Crippen molar-refractivity contribution in [1.29, 1.82) is 0 Å². The molecule has 2 atom stereocenters. The maximum Gasteiger partial charge on any atom is 0.240 e. The number of nitrogens with zero attached hydrogens (tertiary/aromatic N) is 2. The predicted octanol–water partition coefficient (Wildman–Crippen LogP) is 2.27. The summed E-state index contributed by atoms with van der Waals surface area (Å²) < 4.78 is 13.2. The summed E-state index contributed by atoms with van der Waals surface area (Å²) in [5.74, 6) is 0.561. The highest BCUT2D eigenvalue weighted by atomic mass is 19.1. The third-order valence-electron chi connectivity index (χ3n) is 4.23. The zero-order chi connectivity index (χ0) is 14.3. The molecule has 1 aromatic carbocycles. The molecule has 0 saturated carbocycles. The lowest BCUT2D eigenvalue weighted by Crippen LogP contribution is -2.50. The minimum absolute atomic E-state index is 0.0518. The molecule has 2 heterocycles. The van der Waals surface area contributed by atoms with Gasteiger partial charge in [-0.25, -0.2) is 4.39 Å². The number of likely N-dealkylation sites (tertiary alicyclic amines) is 2. The minimum Gasteiger partial charge on any atom is -0.333 e. The molecule has 2 fully saturated rings. The summed E-state index contributed by atoms with van der Waals surface area (Å²) in [6, 6.07) is 6.89. The molecule has 0 unspecified atom stereocenters. The van der Waals surface area contributed by atoms with Crippen LogP contribution in [0.25, 0.3) is 0 Å². The van der Waals surface area contributed by atoms with Crippen molar-refractivity contribution in [2.45, 2.75) is 38.9 Å². The van der Waals surface area contributed by atoms with Gasteiger partial charge in [0.1, 0.15) is 5.82 Å². The lowest BCUT2D eigenvalue weighted by molar-refractivity contribution is -0.137. The van der Waals surface area contributed by atoms with Gasteiger partial charge in [0.05, 0.1) is 6.04 Å². The standard InChI is InChI=1S/C16H21FN2O/c1-11(2)8-18-10-14-7-15(18)16(20)19(14)9-12-4-3-5-13(17)6-12/h3-6,11,14-15H,7-10H2,1-2H3/t14-,15-/m0/s1. The van der Waals surface area contributed by atoms with Crippen LogP contribution in [0.4, 0.5) is 4.39 Å². The fraction of sp³-hybridized carbons (Fsp3) is 0.562. The number of carbonyl (C=O) groups excluding carboxylic acids is 1. The Morgan fingerprint density at radius 2 is 2.20 bits per heavy atom. The summed E-state index contributed by atoms with van der Waals surface area (Å²) >= 11 is 0. The van der Waals surface area contributed by atoms with E-state index in [1.807, 2.05) is 11.0 Å². The van der Waals surface area contributed by atoms with Crippen molar-refractivity contribution < 1.29 is 9.18 Å². The summed E-state index contributed by atoms with van der Waals surface area (Å²) in [4.78, 5) is 16.7. The van der Waals surface area contributed by atoms with Crippen LogP contribution in [0.2, 0.25) is 0 Å². The van der Waals surface area contributed by atoms with Crippen LogP contribution >= 0.6 is 0 Å². The number of hydrogen-bond donors (Lipinski definition) is 0. The van der Waals surface area contributed by atoms with Crippen LogP contribution in [0.1, 0.15) is 25.8 Å². The highest BCUT2D eigenvalue weighted by molar-refractivity contribution is 5.85. The SMILES string of the molecule is CC(C)CN1C[C@@H]2C[C@H]1C(=O)N2Cc1cccc(F)c1. The molecular weight excluding hydrogens is 255 g/mol.